The summed E-state index contributed by atoms with van der Waals surface area (Å²) < 4.78 is 7.65. The molecule has 0 aliphatic carbocycles. The first-order valence-electron chi connectivity index (χ1n) is 9.62. The van der Waals surface area contributed by atoms with Crippen molar-refractivity contribution in [2.75, 3.05) is 6.61 Å². The summed E-state index contributed by atoms with van der Waals surface area (Å²) in [6.45, 7) is 5.62. The zero-order chi connectivity index (χ0) is 23.0. The molecule has 2 aromatic heterocycles. The van der Waals surface area contributed by atoms with Gasteiger partial charge in [0, 0.05) is 24.7 Å². The third kappa shape index (κ3) is 3.83. The summed E-state index contributed by atoms with van der Waals surface area (Å²) in [4.78, 5) is 52.0. The molecule has 0 saturated heterocycles. The van der Waals surface area contributed by atoms with Crippen molar-refractivity contribution in [2.24, 2.45) is 20.0 Å². The zero-order valence-corrected chi connectivity index (χ0v) is 17.9. The fraction of sp³-hybridized carbons (Fsp3) is 0.333. The van der Waals surface area contributed by atoms with Crippen molar-refractivity contribution in [1.29, 1.82) is 0 Å². The van der Waals surface area contributed by atoms with Crippen LogP contribution in [0.4, 0.5) is 5.69 Å². The van der Waals surface area contributed by atoms with Crippen LogP contribution in [0.2, 0.25) is 0 Å². The number of aromatic nitrogens is 3. The number of nitrogens with zero attached hydrogens (tertiary/aromatic N) is 3. The standard InChI is InChI=1S/C21H22N4O6/c1-11(2)10-31-20(27)15-12(3)22-18-17(19(26)24(5)21(28)23(18)4)16(15)13-6-8-14(9-7-13)25(29)30/h6-9,11H,10H2,1-5H3/p+1. The fourth-order valence-electron chi connectivity index (χ4n) is 3.38. The van der Waals surface area contributed by atoms with E-state index in [1.807, 2.05) is 13.8 Å². The van der Waals surface area contributed by atoms with Crippen molar-refractivity contribution in [3.63, 3.8) is 0 Å². The SMILES string of the molecule is Cc1[nH+]c2c(c(-c3ccc([N+](=O)[O-])cc3)c1C(=O)OCC(C)C)c(=O)n(C)c(=O)n2C. The maximum absolute atomic E-state index is 13.1. The lowest BCUT2D eigenvalue weighted by molar-refractivity contribution is -0.384. The molecule has 1 aromatic carbocycles. The van der Waals surface area contributed by atoms with Crippen molar-refractivity contribution in [2.45, 2.75) is 20.8 Å². The molecule has 31 heavy (non-hydrogen) atoms. The minimum absolute atomic E-state index is 0.102. The average molecular weight is 427 g/mol. The van der Waals surface area contributed by atoms with Gasteiger partial charge in [0.25, 0.3) is 16.9 Å². The summed E-state index contributed by atoms with van der Waals surface area (Å²) in [6, 6.07) is 5.53. The topological polar surface area (TPSA) is 128 Å². The molecule has 0 radical (unpaired) electrons. The first-order chi connectivity index (χ1) is 14.5. The van der Waals surface area contributed by atoms with Crippen LogP contribution in [0.1, 0.15) is 29.9 Å². The highest BCUT2D eigenvalue weighted by Gasteiger charge is 2.29. The van der Waals surface area contributed by atoms with E-state index in [0.29, 0.717) is 11.3 Å². The molecule has 0 saturated carbocycles. The highest BCUT2D eigenvalue weighted by Crippen LogP contribution is 2.31. The number of pyridine rings is 1. The highest BCUT2D eigenvalue weighted by atomic mass is 16.6. The summed E-state index contributed by atoms with van der Waals surface area (Å²) in [7, 11) is 2.86. The molecule has 2 heterocycles. The molecule has 0 fully saturated rings. The summed E-state index contributed by atoms with van der Waals surface area (Å²) in [5.74, 6) is -0.529. The monoisotopic (exact) mass is 427 g/mol. The normalized spacial score (nSPS) is 11.2. The van der Waals surface area contributed by atoms with Crippen LogP contribution in [-0.4, -0.2) is 26.6 Å². The molecule has 3 rings (SSSR count). The van der Waals surface area contributed by atoms with E-state index in [4.69, 9.17) is 4.74 Å². The van der Waals surface area contributed by atoms with Gasteiger partial charge < -0.3 is 4.74 Å². The molecule has 0 amide bonds. The van der Waals surface area contributed by atoms with Gasteiger partial charge in [0.1, 0.15) is 16.6 Å². The molecule has 0 aliphatic rings. The van der Waals surface area contributed by atoms with E-state index in [0.717, 1.165) is 4.57 Å². The Morgan fingerprint density at radius 1 is 1.16 bits per heavy atom. The van der Waals surface area contributed by atoms with Gasteiger partial charge in [-0.25, -0.2) is 19.1 Å². The molecule has 0 spiro atoms. The van der Waals surface area contributed by atoms with Crippen molar-refractivity contribution in [3.8, 4) is 11.1 Å². The Bertz CT molecular complexity index is 1320. The van der Waals surface area contributed by atoms with Crippen LogP contribution in [0.25, 0.3) is 22.2 Å². The van der Waals surface area contributed by atoms with Crippen LogP contribution in [0.15, 0.2) is 33.9 Å². The fourth-order valence-corrected chi connectivity index (χ4v) is 3.38. The number of aryl methyl sites for hydroxylation is 2. The third-order valence-corrected chi connectivity index (χ3v) is 4.96. The predicted molar refractivity (Wildman–Crippen MR) is 113 cm³/mol. The number of rotatable bonds is 5. The summed E-state index contributed by atoms with van der Waals surface area (Å²) in [5, 5.41) is 11.2. The van der Waals surface area contributed by atoms with Crippen molar-refractivity contribution >= 4 is 22.7 Å². The van der Waals surface area contributed by atoms with Crippen LogP contribution in [0, 0.1) is 23.0 Å². The average Bonchev–Trinajstić information content (AvgIpc) is 2.73. The molecular formula is C21H23N4O6+. The smallest absolute Gasteiger partial charge is 0.417 e. The number of hydrogen-bond acceptors (Lipinski definition) is 6. The molecule has 1 N–H and O–H groups in total. The first kappa shape index (κ1) is 21.9. The van der Waals surface area contributed by atoms with Crippen LogP contribution in [0.3, 0.4) is 0 Å². The van der Waals surface area contributed by atoms with E-state index < -0.39 is 22.1 Å². The molecule has 10 heteroatoms. The number of H-pyrrole nitrogens is 1. The van der Waals surface area contributed by atoms with E-state index in [-0.39, 0.29) is 40.4 Å². The minimum atomic E-state index is -0.631. The number of carbonyl (C=O) groups excluding carboxylic acids is 1. The van der Waals surface area contributed by atoms with Gasteiger partial charge in [0.15, 0.2) is 0 Å². The molecular weight excluding hydrogens is 404 g/mol. The van der Waals surface area contributed by atoms with E-state index in [2.05, 4.69) is 4.98 Å². The number of fused-ring (bicyclic) bond motifs is 1. The number of benzene rings is 1. The maximum Gasteiger partial charge on any atom is 0.417 e. The van der Waals surface area contributed by atoms with Crippen LogP contribution < -0.4 is 16.2 Å². The van der Waals surface area contributed by atoms with Gasteiger partial charge in [-0.1, -0.05) is 13.8 Å². The Hall–Kier alpha value is -3.82. The molecule has 0 unspecified atom stereocenters. The number of nitrogens with one attached hydrogen (secondary N) is 1. The number of nitro benzene ring substituents is 1. The van der Waals surface area contributed by atoms with Crippen LogP contribution in [0.5, 0.6) is 0 Å². The molecule has 0 bridgehead atoms. The summed E-state index contributed by atoms with van der Waals surface area (Å²) in [5.41, 5.74) is 0.191. The van der Waals surface area contributed by atoms with Gasteiger partial charge in [-0.15, -0.1) is 0 Å². The molecule has 162 valence electrons. The maximum atomic E-state index is 13.1. The minimum Gasteiger partial charge on any atom is -0.462 e. The van der Waals surface area contributed by atoms with Gasteiger partial charge >= 0.3 is 11.7 Å². The van der Waals surface area contributed by atoms with E-state index >= 15 is 0 Å². The van der Waals surface area contributed by atoms with Crippen molar-refractivity contribution < 1.29 is 19.4 Å². The lowest BCUT2D eigenvalue weighted by Gasteiger charge is -2.14. The first-order valence-corrected chi connectivity index (χ1v) is 9.62. The number of carbonyl (C=O) groups is 1. The van der Waals surface area contributed by atoms with Gasteiger partial charge in [-0.05, 0) is 30.5 Å². The summed E-state index contributed by atoms with van der Waals surface area (Å²) >= 11 is 0. The molecule has 3 aromatic rings. The van der Waals surface area contributed by atoms with E-state index in [9.17, 15) is 24.5 Å². The largest absolute Gasteiger partial charge is 0.462 e. The van der Waals surface area contributed by atoms with Gasteiger partial charge in [0.05, 0.1) is 18.6 Å². The molecule has 0 atom stereocenters. The lowest BCUT2D eigenvalue weighted by Crippen LogP contribution is -2.40. The lowest BCUT2D eigenvalue weighted by atomic mass is 9.95. The number of nitro groups is 1. The number of hydrogen-bond donors (Lipinski definition) is 0. The Kier molecular flexibility index (Phi) is 5.74. The third-order valence-electron chi connectivity index (χ3n) is 4.96. The Morgan fingerprint density at radius 2 is 1.77 bits per heavy atom. The Balaban J connectivity index is 2.45. The predicted octanol–water partition coefficient (Wildman–Crippen LogP) is 1.75. The highest BCUT2D eigenvalue weighted by molar-refractivity contribution is 6.06. The Morgan fingerprint density at radius 3 is 2.32 bits per heavy atom. The van der Waals surface area contributed by atoms with Gasteiger partial charge in [0.2, 0.25) is 0 Å². The zero-order valence-electron chi connectivity index (χ0n) is 17.9. The molecule has 10 nitrogen and oxygen atoms in total. The van der Waals surface area contributed by atoms with E-state index in [1.165, 1.54) is 42.9 Å². The van der Waals surface area contributed by atoms with E-state index in [1.54, 1.807) is 6.92 Å². The number of esters is 1. The Labute approximate surface area is 176 Å². The second-order valence-corrected chi connectivity index (χ2v) is 7.73. The second kappa shape index (κ2) is 8.13. The van der Waals surface area contributed by atoms with Crippen LogP contribution >= 0.6 is 0 Å². The van der Waals surface area contributed by atoms with Crippen LogP contribution in [-0.2, 0) is 18.8 Å². The van der Waals surface area contributed by atoms with Crippen molar-refractivity contribution in [1.82, 2.24) is 9.13 Å². The second-order valence-electron chi connectivity index (χ2n) is 7.73. The number of aromatic amines is 1. The summed E-state index contributed by atoms with van der Waals surface area (Å²) in [6.07, 6.45) is 0. The van der Waals surface area contributed by atoms with Gasteiger partial charge in [-0.3, -0.25) is 14.9 Å². The molecule has 0 aliphatic heterocycles. The number of non-ortho nitro benzene ring substituents is 1. The van der Waals surface area contributed by atoms with Gasteiger partial charge in [-0.2, -0.15) is 4.57 Å². The number of ether oxygens (including phenoxy) is 1. The van der Waals surface area contributed by atoms with Crippen molar-refractivity contribution in [3.05, 3.63) is 66.5 Å². The quantitative estimate of drug-likeness (QED) is 0.347.